The molecule has 3 N–H and O–H groups in total. The van der Waals surface area contributed by atoms with E-state index in [9.17, 15) is 9.90 Å². The van der Waals surface area contributed by atoms with Crippen LogP contribution in [-0.2, 0) is 12.1 Å². The fourth-order valence-corrected chi connectivity index (χ4v) is 2.72. The van der Waals surface area contributed by atoms with Crippen molar-refractivity contribution in [3.63, 3.8) is 0 Å². The van der Waals surface area contributed by atoms with Gasteiger partial charge in [-0.25, -0.2) is 9.78 Å². The van der Waals surface area contributed by atoms with Crippen LogP contribution in [0.1, 0.15) is 28.3 Å². The zero-order valence-electron chi connectivity index (χ0n) is 12.3. The van der Waals surface area contributed by atoms with Gasteiger partial charge in [0.1, 0.15) is 11.4 Å². The van der Waals surface area contributed by atoms with Gasteiger partial charge in [0.2, 0.25) is 0 Å². The Morgan fingerprint density at radius 3 is 2.81 bits per heavy atom. The Labute approximate surface area is 127 Å². The van der Waals surface area contributed by atoms with Crippen molar-refractivity contribution in [2.45, 2.75) is 32.9 Å². The number of urea groups is 1. The molecule has 1 unspecified atom stereocenters. The van der Waals surface area contributed by atoms with Crippen LogP contribution in [0, 0.1) is 13.8 Å². The van der Waals surface area contributed by atoms with Gasteiger partial charge < -0.3 is 20.2 Å². The zero-order valence-corrected chi connectivity index (χ0v) is 13.1. The van der Waals surface area contributed by atoms with Gasteiger partial charge in [-0.3, -0.25) is 0 Å². The molecule has 0 aliphatic rings. The summed E-state index contributed by atoms with van der Waals surface area (Å²) in [6.45, 7) is 5.91. The van der Waals surface area contributed by atoms with Gasteiger partial charge in [-0.1, -0.05) is 0 Å². The smallest absolute Gasteiger partial charge is 0.315 e. The van der Waals surface area contributed by atoms with Crippen LogP contribution in [0.5, 0.6) is 0 Å². The Balaban J connectivity index is 1.81. The molecule has 0 saturated heterocycles. The highest BCUT2D eigenvalue weighted by Gasteiger charge is 2.26. The summed E-state index contributed by atoms with van der Waals surface area (Å²) in [5.41, 5.74) is -0.376. The minimum Gasteiger partial charge on any atom is -0.466 e. The van der Waals surface area contributed by atoms with E-state index in [0.29, 0.717) is 12.3 Å². The number of nitrogens with zero attached hydrogens (tertiary/aromatic N) is 1. The van der Waals surface area contributed by atoms with E-state index in [0.717, 1.165) is 15.6 Å². The molecular formula is C14H19N3O3S. The van der Waals surface area contributed by atoms with Gasteiger partial charge in [0.15, 0.2) is 0 Å². The van der Waals surface area contributed by atoms with E-state index in [1.807, 2.05) is 13.8 Å². The van der Waals surface area contributed by atoms with Crippen LogP contribution in [0.4, 0.5) is 4.79 Å². The molecule has 114 valence electrons. The van der Waals surface area contributed by atoms with E-state index in [-0.39, 0.29) is 12.6 Å². The fraction of sp³-hybridized carbons (Fsp3) is 0.429. The second-order valence-electron chi connectivity index (χ2n) is 5.02. The van der Waals surface area contributed by atoms with Crippen molar-refractivity contribution < 1.29 is 14.3 Å². The van der Waals surface area contributed by atoms with Crippen molar-refractivity contribution in [3.8, 4) is 0 Å². The van der Waals surface area contributed by atoms with E-state index in [2.05, 4.69) is 15.6 Å². The van der Waals surface area contributed by atoms with Crippen molar-refractivity contribution in [3.05, 3.63) is 39.7 Å². The number of hydrogen-bond acceptors (Lipinski definition) is 5. The molecule has 0 aliphatic heterocycles. The highest BCUT2D eigenvalue weighted by Crippen LogP contribution is 2.19. The molecule has 7 heteroatoms. The third kappa shape index (κ3) is 4.05. The SMILES string of the molecule is Cc1nc(CNC(=O)NCC(C)(O)c2ccco2)c(C)s1. The Morgan fingerprint density at radius 2 is 2.24 bits per heavy atom. The van der Waals surface area contributed by atoms with Crippen molar-refractivity contribution in [1.82, 2.24) is 15.6 Å². The number of amides is 2. The van der Waals surface area contributed by atoms with Crippen LogP contribution in [0.3, 0.4) is 0 Å². The number of rotatable bonds is 5. The molecule has 21 heavy (non-hydrogen) atoms. The number of carbonyl (C=O) groups is 1. The van der Waals surface area contributed by atoms with Gasteiger partial charge >= 0.3 is 6.03 Å². The molecule has 2 amide bonds. The molecule has 0 aromatic carbocycles. The summed E-state index contributed by atoms with van der Waals surface area (Å²) in [5, 5.41) is 16.5. The summed E-state index contributed by atoms with van der Waals surface area (Å²) in [6, 6.07) is 3.00. The summed E-state index contributed by atoms with van der Waals surface area (Å²) >= 11 is 1.60. The van der Waals surface area contributed by atoms with Gasteiger partial charge in [0, 0.05) is 4.88 Å². The lowest BCUT2D eigenvalue weighted by atomic mass is 10.0. The fourth-order valence-electron chi connectivity index (χ4n) is 1.89. The summed E-state index contributed by atoms with van der Waals surface area (Å²) < 4.78 is 5.15. The molecule has 0 spiro atoms. The molecule has 0 aliphatic carbocycles. The molecule has 2 aromatic heterocycles. The predicted octanol–water partition coefficient (Wildman–Crippen LogP) is 2.06. The molecular weight excluding hydrogens is 290 g/mol. The van der Waals surface area contributed by atoms with E-state index in [1.165, 1.54) is 6.26 Å². The molecule has 0 saturated carbocycles. The topological polar surface area (TPSA) is 87.4 Å². The lowest BCUT2D eigenvalue weighted by Crippen LogP contribution is -2.43. The number of aromatic nitrogens is 1. The molecule has 2 rings (SSSR count). The number of nitrogens with one attached hydrogen (secondary N) is 2. The standard InChI is InChI=1S/C14H19N3O3S/c1-9-11(17-10(2)21-9)7-15-13(18)16-8-14(3,19)12-5-4-6-20-12/h4-6,19H,7-8H2,1-3H3,(H2,15,16,18). The van der Waals surface area contributed by atoms with E-state index >= 15 is 0 Å². The maximum atomic E-state index is 11.8. The summed E-state index contributed by atoms with van der Waals surface area (Å²) in [4.78, 5) is 17.2. The summed E-state index contributed by atoms with van der Waals surface area (Å²) in [7, 11) is 0. The first kappa shape index (κ1) is 15.5. The van der Waals surface area contributed by atoms with Crippen LogP contribution < -0.4 is 10.6 Å². The highest BCUT2D eigenvalue weighted by molar-refractivity contribution is 7.11. The van der Waals surface area contributed by atoms with Crippen molar-refractivity contribution in [2.75, 3.05) is 6.54 Å². The maximum absolute atomic E-state index is 11.8. The van der Waals surface area contributed by atoms with Crippen molar-refractivity contribution >= 4 is 17.4 Å². The van der Waals surface area contributed by atoms with Gasteiger partial charge in [0.25, 0.3) is 0 Å². The maximum Gasteiger partial charge on any atom is 0.315 e. The monoisotopic (exact) mass is 309 g/mol. The summed E-state index contributed by atoms with van der Waals surface area (Å²) in [5.74, 6) is 0.411. The molecule has 6 nitrogen and oxygen atoms in total. The molecule has 1 atom stereocenters. The molecule has 0 radical (unpaired) electrons. The van der Waals surface area contributed by atoms with Gasteiger partial charge in [-0.15, -0.1) is 11.3 Å². The first-order valence-corrected chi connectivity index (χ1v) is 7.41. The van der Waals surface area contributed by atoms with Gasteiger partial charge in [0.05, 0.1) is 30.1 Å². The number of carbonyl (C=O) groups excluding carboxylic acids is 1. The zero-order chi connectivity index (χ0) is 15.5. The Hall–Kier alpha value is -1.86. The third-order valence-corrected chi connectivity index (χ3v) is 3.99. The van der Waals surface area contributed by atoms with Crippen LogP contribution in [0.2, 0.25) is 0 Å². The number of furan rings is 1. The lowest BCUT2D eigenvalue weighted by Gasteiger charge is -2.21. The predicted molar refractivity (Wildman–Crippen MR) is 80.1 cm³/mol. The van der Waals surface area contributed by atoms with Crippen LogP contribution in [0.25, 0.3) is 0 Å². The highest BCUT2D eigenvalue weighted by atomic mass is 32.1. The first-order chi connectivity index (χ1) is 9.88. The Morgan fingerprint density at radius 1 is 1.48 bits per heavy atom. The number of aliphatic hydroxyl groups is 1. The van der Waals surface area contributed by atoms with E-state index < -0.39 is 5.60 Å². The van der Waals surface area contributed by atoms with Crippen molar-refractivity contribution in [2.24, 2.45) is 0 Å². The molecule has 2 aromatic rings. The third-order valence-electron chi connectivity index (χ3n) is 3.06. The van der Waals surface area contributed by atoms with Crippen LogP contribution in [-0.4, -0.2) is 22.7 Å². The lowest BCUT2D eigenvalue weighted by molar-refractivity contribution is 0.0367. The Bertz CT molecular complexity index is 605. The van der Waals surface area contributed by atoms with Gasteiger partial charge in [-0.2, -0.15) is 0 Å². The second-order valence-corrected chi connectivity index (χ2v) is 6.43. The number of thiazole rings is 1. The second kappa shape index (κ2) is 6.28. The first-order valence-electron chi connectivity index (χ1n) is 6.59. The quantitative estimate of drug-likeness (QED) is 0.789. The molecule has 2 heterocycles. The normalized spacial score (nSPS) is 13.7. The van der Waals surface area contributed by atoms with Crippen molar-refractivity contribution in [1.29, 1.82) is 0 Å². The number of aryl methyl sites for hydroxylation is 2. The van der Waals surface area contributed by atoms with E-state index in [4.69, 9.17) is 4.42 Å². The van der Waals surface area contributed by atoms with Gasteiger partial charge in [-0.05, 0) is 32.9 Å². The minimum absolute atomic E-state index is 0.0570. The van der Waals surface area contributed by atoms with Crippen LogP contribution >= 0.6 is 11.3 Å². The average molecular weight is 309 g/mol. The largest absolute Gasteiger partial charge is 0.466 e. The molecule has 0 fully saturated rings. The molecule has 0 bridgehead atoms. The Kier molecular flexibility index (Phi) is 4.64. The minimum atomic E-state index is -1.24. The number of hydrogen-bond donors (Lipinski definition) is 3. The summed E-state index contributed by atoms with van der Waals surface area (Å²) in [6.07, 6.45) is 1.48. The van der Waals surface area contributed by atoms with E-state index in [1.54, 1.807) is 30.4 Å². The average Bonchev–Trinajstić information content (AvgIpc) is 3.04. The van der Waals surface area contributed by atoms with Crippen LogP contribution in [0.15, 0.2) is 22.8 Å².